The summed E-state index contributed by atoms with van der Waals surface area (Å²) in [7, 11) is 0. The summed E-state index contributed by atoms with van der Waals surface area (Å²) in [6, 6.07) is 9.55. The minimum Gasteiger partial charge on any atom is -0.479 e. The van der Waals surface area contributed by atoms with Gasteiger partial charge >= 0.3 is 5.97 Å². The molecule has 1 unspecified atom stereocenters. The van der Waals surface area contributed by atoms with Crippen molar-refractivity contribution in [3.8, 4) is 11.3 Å². The van der Waals surface area contributed by atoms with E-state index in [1.54, 1.807) is 13.1 Å². The van der Waals surface area contributed by atoms with Gasteiger partial charge in [-0.15, -0.1) is 5.10 Å². The Morgan fingerprint density at radius 3 is 2.75 bits per heavy atom. The fourth-order valence-electron chi connectivity index (χ4n) is 2.65. The molecule has 1 aliphatic rings. The number of hydrogen-bond donors (Lipinski definition) is 1. The zero-order valence-corrected chi connectivity index (χ0v) is 13.2. The highest BCUT2D eigenvalue weighted by molar-refractivity contribution is 5.78. The lowest BCUT2D eigenvalue weighted by atomic mass is 10.2. The minimum absolute atomic E-state index is 0.0128. The van der Waals surface area contributed by atoms with Crippen molar-refractivity contribution in [3.63, 3.8) is 0 Å². The molecule has 1 aromatic heterocycles. The van der Waals surface area contributed by atoms with Crippen molar-refractivity contribution < 1.29 is 19.4 Å². The van der Waals surface area contributed by atoms with Gasteiger partial charge in [0.15, 0.2) is 6.10 Å². The third-order valence-electron chi connectivity index (χ3n) is 3.79. The van der Waals surface area contributed by atoms with Gasteiger partial charge in [0, 0.05) is 12.1 Å². The Bertz CT molecular complexity index is 731. The van der Waals surface area contributed by atoms with Crippen LogP contribution in [0, 0.1) is 0 Å². The summed E-state index contributed by atoms with van der Waals surface area (Å²) in [5.41, 5.74) is 1.60. The van der Waals surface area contributed by atoms with E-state index in [9.17, 15) is 9.59 Å². The number of hydrogen-bond acceptors (Lipinski definition) is 5. The van der Waals surface area contributed by atoms with Crippen LogP contribution in [0.15, 0.2) is 36.5 Å². The molecule has 2 aromatic rings. The number of carbonyl (C=O) groups is 2. The number of morpholine rings is 1. The van der Waals surface area contributed by atoms with Gasteiger partial charge < -0.3 is 14.7 Å². The smallest absolute Gasteiger partial charge is 0.334 e. The van der Waals surface area contributed by atoms with Crippen LogP contribution in [0.4, 0.5) is 0 Å². The van der Waals surface area contributed by atoms with Gasteiger partial charge in [0.25, 0.3) is 0 Å². The van der Waals surface area contributed by atoms with Gasteiger partial charge in [0.05, 0.1) is 18.8 Å². The van der Waals surface area contributed by atoms with E-state index >= 15 is 0 Å². The van der Waals surface area contributed by atoms with Crippen molar-refractivity contribution in [2.45, 2.75) is 25.7 Å². The van der Waals surface area contributed by atoms with Gasteiger partial charge in [-0.3, -0.25) is 4.79 Å². The van der Waals surface area contributed by atoms with Crippen LogP contribution in [0.1, 0.15) is 6.92 Å². The first-order valence-corrected chi connectivity index (χ1v) is 7.64. The molecule has 2 atom stereocenters. The molecule has 1 aromatic carbocycles. The zero-order valence-electron chi connectivity index (χ0n) is 13.2. The summed E-state index contributed by atoms with van der Waals surface area (Å²) in [6.45, 7) is 2.17. The van der Waals surface area contributed by atoms with Crippen LogP contribution >= 0.6 is 0 Å². The highest BCUT2D eigenvalue weighted by Crippen LogP contribution is 2.16. The van der Waals surface area contributed by atoms with Crippen LogP contribution in [-0.2, 0) is 20.9 Å². The fourth-order valence-corrected chi connectivity index (χ4v) is 2.65. The second kappa shape index (κ2) is 6.79. The Hall–Kier alpha value is -2.74. The molecule has 0 bridgehead atoms. The van der Waals surface area contributed by atoms with Crippen LogP contribution < -0.4 is 0 Å². The maximum absolute atomic E-state index is 12.4. The molecule has 24 heavy (non-hydrogen) atoms. The summed E-state index contributed by atoms with van der Waals surface area (Å²) in [4.78, 5) is 25.0. The summed E-state index contributed by atoms with van der Waals surface area (Å²) >= 11 is 0. The third-order valence-corrected chi connectivity index (χ3v) is 3.79. The number of benzene rings is 1. The summed E-state index contributed by atoms with van der Waals surface area (Å²) < 4.78 is 6.77. The quantitative estimate of drug-likeness (QED) is 0.884. The number of carbonyl (C=O) groups excluding carboxylic acids is 1. The molecule has 1 aliphatic heterocycles. The molecule has 1 saturated heterocycles. The number of rotatable bonds is 4. The highest BCUT2D eigenvalue weighted by Gasteiger charge is 2.32. The third kappa shape index (κ3) is 3.60. The maximum Gasteiger partial charge on any atom is 0.334 e. The van der Waals surface area contributed by atoms with Crippen LogP contribution in [0.2, 0.25) is 0 Å². The molecule has 1 amide bonds. The molecule has 0 radical (unpaired) electrons. The Kier molecular flexibility index (Phi) is 4.57. The number of nitrogens with zero attached hydrogens (tertiary/aromatic N) is 4. The van der Waals surface area contributed by atoms with Crippen LogP contribution in [0.5, 0.6) is 0 Å². The second-order valence-corrected chi connectivity index (χ2v) is 5.74. The molecular weight excluding hydrogens is 312 g/mol. The summed E-state index contributed by atoms with van der Waals surface area (Å²) in [5, 5.41) is 17.1. The number of carboxylic acid groups (broad SMARTS) is 1. The largest absolute Gasteiger partial charge is 0.479 e. The number of ether oxygens (including phenoxy) is 1. The van der Waals surface area contributed by atoms with E-state index in [1.807, 2.05) is 30.3 Å². The molecular formula is C16H18N4O4. The normalized spacial score (nSPS) is 20.8. The SMILES string of the molecule is C[C@@H]1CN(C(=O)Cn2cc(-c3ccccc3)nn2)CC(C(=O)O)O1. The molecule has 2 heterocycles. The van der Waals surface area contributed by atoms with Crippen LogP contribution in [0.3, 0.4) is 0 Å². The summed E-state index contributed by atoms with van der Waals surface area (Å²) in [5.74, 6) is -1.27. The molecule has 1 fully saturated rings. The van der Waals surface area contributed by atoms with Gasteiger partial charge in [-0.05, 0) is 6.92 Å². The average Bonchev–Trinajstić information content (AvgIpc) is 3.03. The van der Waals surface area contributed by atoms with Crippen molar-refractivity contribution >= 4 is 11.9 Å². The standard InChI is InChI=1S/C16H18N4O4/c1-11-7-19(9-14(24-11)16(22)23)15(21)10-20-8-13(17-18-20)12-5-3-2-4-6-12/h2-6,8,11,14H,7,9-10H2,1H3,(H,22,23)/t11-,14?/m1/s1. The first kappa shape index (κ1) is 16.1. The first-order chi connectivity index (χ1) is 11.5. The highest BCUT2D eigenvalue weighted by atomic mass is 16.5. The molecule has 1 N–H and O–H groups in total. The van der Waals surface area contributed by atoms with E-state index in [1.165, 1.54) is 9.58 Å². The lowest BCUT2D eigenvalue weighted by Gasteiger charge is -2.34. The number of amides is 1. The van der Waals surface area contributed by atoms with Crippen molar-refractivity contribution in [2.75, 3.05) is 13.1 Å². The second-order valence-electron chi connectivity index (χ2n) is 5.74. The predicted molar refractivity (Wildman–Crippen MR) is 84.0 cm³/mol. The average molecular weight is 330 g/mol. The van der Waals surface area contributed by atoms with Crippen LogP contribution in [0.25, 0.3) is 11.3 Å². The first-order valence-electron chi connectivity index (χ1n) is 7.64. The lowest BCUT2D eigenvalue weighted by molar-refractivity contribution is -0.166. The molecule has 0 saturated carbocycles. The Balaban J connectivity index is 1.67. The van der Waals surface area contributed by atoms with Gasteiger partial charge in [-0.25, -0.2) is 9.48 Å². The monoisotopic (exact) mass is 330 g/mol. The van der Waals surface area contributed by atoms with Gasteiger partial charge in [0.2, 0.25) is 5.91 Å². The number of aliphatic carboxylic acids is 1. The minimum atomic E-state index is -1.06. The molecule has 3 rings (SSSR count). The van der Waals surface area contributed by atoms with Crippen LogP contribution in [-0.4, -0.2) is 62.2 Å². The van der Waals surface area contributed by atoms with E-state index in [2.05, 4.69) is 10.3 Å². The Labute approximate surface area is 138 Å². The zero-order chi connectivity index (χ0) is 17.1. The van der Waals surface area contributed by atoms with Crippen molar-refractivity contribution in [1.29, 1.82) is 0 Å². The van der Waals surface area contributed by atoms with E-state index in [0.717, 1.165) is 5.56 Å². The van der Waals surface area contributed by atoms with Gasteiger partial charge in [-0.2, -0.15) is 0 Å². The van der Waals surface area contributed by atoms with Gasteiger partial charge in [-0.1, -0.05) is 35.5 Å². The summed E-state index contributed by atoms with van der Waals surface area (Å²) in [6.07, 6.45) is 0.388. The topological polar surface area (TPSA) is 97.6 Å². The Morgan fingerprint density at radius 1 is 1.29 bits per heavy atom. The number of carboxylic acids is 1. The molecule has 0 aliphatic carbocycles. The molecule has 126 valence electrons. The van der Waals surface area contributed by atoms with E-state index < -0.39 is 12.1 Å². The predicted octanol–water partition coefficient (Wildman–Crippen LogP) is 0.646. The molecule has 8 heteroatoms. The fraction of sp³-hybridized carbons (Fsp3) is 0.375. The van der Waals surface area contributed by atoms with E-state index in [4.69, 9.17) is 9.84 Å². The van der Waals surface area contributed by atoms with E-state index in [0.29, 0.717) is 12.2 Å². The molecule has 8 nitrogen and oxygen atoms in total. The van der Waals surface area contributed by atoms with Crippen molar-refractivity contribution in [1.82, 2.24) is 19.9 Å². The Morgan fingerprint density at radius 2 is 2.04 bits per heavy atom. The number of aromatic nitrogens is 3. The van der Waals surface area contributed by atoms with E-state index in [-0.39, 0.29) is 25.1 Å². The maximum atomic E-state index is 12.4. The molecule has 0 spiro atoms. The van der Waals surface area contributed by atoms with Crippen molar-refractivity contribution in [2.24, 2.45) is 0 Å². The lowest BCUT2D eigenvalue weighted by Crippen LogP contribution is -2.52. The van der Waals surface area contributed by atoms with Gasteiger partial charge in [0.1, 0.15) is 12.2 Å². The van der Waals surface area contributed by atoms with Crippen molar-refractivity contribution in [3.05, 3.63) is 36.5 Å².